The summed E-state index contributed by atoms with van der Waals surface area (Å²) >= 11 is 1.45. The Bertz CT molecular complexity index is 1130. The van der Waals surface area contributed by atoms with Crippen molar-refractivity contribution >= 4 is 31.8 Å². The van der Waals surface area contributed by atoms with Crippen molar-refractivity contribution in [1.82, 2.24) is 9.44 Å². The number of rotatable bonds is 6. The van der Waals surface area contributed by atoms with Crippen molar-refractivity contribution in [3.8, 4) is 0 Å². The summed E-state index contributed by atoms with van der Waals surface area (Å²) in [6.45, 7) is 7.26. The number of benzene rings is 2. The fourth-order valence-electron chi connectivity index (χ4n) is 4.12. The molecule has 0 bridgehead atoms. The van der Waals surface area contributed by atoms with Crippen LogP contribution in [0.1, 0.15) is 25.0 Å². The number of fused-ring (bicyclic) bond motifs is 1. The van der Waals surface area contributed by atoms with E-state index in [0.717, 1.165) is 11.1 Å². The molecule has 0 spiro atoms. The van der Waals surface area contributed by atoms with E-state index in [4.69, 9.17) is 9.47 Å². The Balaban J connectivity index is 1.58. The van der Waals surface area contributed by atoms with Crippen molar-refractivity contribution in [2.24, 2.45) is 0 Å². The van der Waals surface area contributed by atoms with Crippen LogP contribution in [0.5, 0.6) is 0 Å². The maximum absolute atomic E-state index is 13.1. The van der Waals surface area contributed by atoms with Crippen molar-refractivity contribution in [3.05, 3.63) is 59.7 Å². The van der Waals surface area contributed by atoms with Gasteiger partial charge in [0, 0.05) is 11.5 Å². The van der Waals surface area contributed by atoms with Crippen LogP contribution >= 0.6 is 11.8 Å². The Morgan fingerprint density at radius 1 is 0.735 bits per heavy atom. The Kier molecular flexibility index (Phi) is 7.18. The Morgan fingerprint density at radius 3 is 1.44 bits per heavy atom. The van der Waals surface area contributed by atoms with E-state index >= 15 is 0 Å². The van der Waals surface area contributed by atoms with Crippen LogP contribution < -0.4 is 9.44 Å². The molecule has 2 N–H and O–H groups in total. The minimum atomic E-state index is -3.81. The lowest BCUT2D eigenvalue weighted by Crippen LogP contribution is -2.54. The molecule has 2 saturated heterocycles. The average Bonchev–Trinajstić information content (AvgIpc) is 3.01. The van der Waals surface area contributed by atoms with E-state index < -0.39 is 50.1 Å². The summed E-state index contributed by atoms with van der Waals surface area (Å²) in [5.74, 6) is -0.165. The van der Waals surface area contributed by atoms with Gasteiger partial charge >= 0.3 is 0 Å². The quantitative estimate of drug-likeness (QED) is 0.595. The normalized spacial score (nSPS) is 27.2. The predicted molar refractivity (Wildman–Crippen MR) is 132 cm³/mol. The Hall–Kier alpha value is -1.47. The SMILES string of the molecule is Cc1ccc(S(=O)(=O)N[C@H]2CSC[C@H](NS(=O)(=O)c3ccc(C)cc3)[C@H]3OC(C)(C)O[C@@H]32)cc1. The molecular formula is C23H30N2O6S3. The van der Waals surface area contributed by atoms with Gasteiger partial charge in [-0.2, -0.15) is 11.8 Å². The van der Waals surface area contributed by atoms with Crippen LogP contribution in [0.25, 0.3) is 0 Å². The summed E-state index contributed by atoms with van der Waals surface area (Å²) in [6.07, 6.45) is -1.34. The molecular weight excluding hydrogens is 496 g/mol. The summed E-state index contributed by atoms with van der Waals surface area (Å²) in [6, 6.07) is 12.0. The van der Waals surface area contributed by atoms with Crippen LogP contribution in [-0.4, -0.2) is 58.4 Å². The van der Waals surface area contributed by atoms with Crippen LogP contribution in [0, 0.1) is 13.8 Å². The monoisotopic (exact) mass is 526 g/mol. The maximum Gasteiger partial charge on any atom is 0.240 e. The van der Waals surface area contributed by atoms with E-state index in [1.807, 2.05) is 13.8 Å². The first-order valence-electron chi connectivity index (χ1n) is 11.0. The van der Waals surface area contributed by atoms with Gasteiger partial charge in [-0.3, -0.25) is 0 Å². The second-order valence-electron chi connectivity index (χ2n) is 9.18. The zero-order valence-electron chi connectivity index (χ0n) is 19.5. The van der Waals surface area contributed by atoms with Gasteiger partial charge in [0.15, 0.2) is 5.79 Å². The summed E-state index contributed by atoms with van der Waals surface area (Å²) in [7, 11) is -7.61. The number of nitrogens with one attached hydrogen (secondary N) is 2. The standard InChI is InChI=1S/C23H30N2O6S3/c1-15-5-9-17(10-6-15)33(26,27)24-19-13-32-14-20(22-21(19)30-23(3,4)31-22)25-34(28,29)18-11-7-16(2)8-12-18/h5-12,19-22,24-25H,13-14H2,1-4H3/t19-,20-,21+,22+/m0/s1. The smallest absolute Gasteiger partial charge is 0.240 e. The molecule has 0 aromatic heterocycles. The molecule has 2 fully saturated rings. The van der Waals surface area contributed by atoms with E-state index in [2.05, 4.69) is 9.44 Å². The van der Waals surface area contributed by atoms with Crippen molar-refractivity contribution in [2.75, 3.05) is 11.5 Å². The van der Waals surface area contributed by atoms with E-state index in [0.29, 0.717) is 11.5 Å². The molecule has 0 saturated carbocycles. The van der Waals surface area contributed by atoms with E-state index in [1.54, 1.807) is 62.4 Å². The van der Waals surface area contributed by atoms with Crippen LogP contribution in [0.3, 0.4) is 0 Å². The first-order chi connectivity index (χ1) is 15.9. The third kappa shape index (κ3) is 5.67. The molecule has 2 aliphatic rings. The number of sulfonamides is 2. The molecule has 4 rings (SSSR count). The molecule has 2 aromatic carbocycles. The Labute approximate surface area is 205 Å². The number of ether oxygens (including phenoxy) is 2. The predicted octanol–water partition coefficient (Wildman–Crippen LogP) is 2.56. The fraction of sp³-hybridized carbons (Fsp3) is 0.478. The number of thioether (sulfide) groups is 1. The minimum absolute atomic E-state index is 0.165. The number of aryl methyl sites for hydroxylation is 2. The molecule has 186 valence electrons. The lowest BCUT2D eigenvalue weighted by molar-refractivity contribution is -0.149. The van der Waals surface area contributed by atoms with Gasteiger partial charge in [-0.15, -0.1) is 0 Å². The molecule has 11 heteroatoms. The highest BCUT2D eigenvalue weighted by Crippen LogP contribution is 2.36. The van der Waals surface area contributed by atoms with Gasteiger partial charge in [-0.05, 0) is 52.0 Å². The lowest BCUT2D eigenvalue weighted by atomic mass is 10.0. The molecule has 2 aromatic rings. The molecule has 2 aliphatic heterocycles. The fourth-order valence-corrected chi connectivity index (χ4v) is 8.02. The van der Waals surface area contributed by atoms with Gasteiger partial charge in [-0.1, -0.05) is 35.4 Å². The first-order valence-corrected chi connectivity index (χ1v) is 15.1. The van der Waals surface area contributed by atoms with Crippen LogP contribution in [0.4, 0.5) is 0 Å². The van der Waals surface area contributed by atoms with Crippen LogP contribution in [0.15, 0.2) is 58.3 Å². The number of hydrogen-bond acceptors (Lipinski definition) is 7. The Morgan fingerprint density at radius 2 is 1.09 bits per heavy atom. The summed E-state index contributed by atoms with van der Waals surface area (Å²) in [5, 5.41) is 0. The van der Waals surface area contributed by atoms with E-state index in [1.165, 1.54) is 11.8 Å². The van der Waals surface area contributed by atoms with Gasteiger partial charge in [-0.25, -0.2) is 26.3 Å². The zero-order chi connectivity index (χ0) is 24.7. The maximum atomic E-state index is 13.1. The topological polar surface area (TPSA) is 111 Å². The minimum Gasteiger partial charge on any atom is -0.343 e. The van der Waals surface area contributed by atoms with Crippen LogP contribution in [0.2, 0.25) is 0 Å². The highest BCUT2D eigenvalue weighted by Gasteiger charge is 2.51. The average molecular weight is 527 g/mol. The van der Waals surface area contributed by atoms with Gasteiger partial charge < -0.3 is 9.47 Å². The van der Waals surface area contributed by atoms with Gasteiger partial charge in [0.05, 0.1) is 21.9 Å². The molecule has 0 unspecified atom stereocenters. The lowest BCUT2D eigenvalue weighted by Gasteiger charge is -2.27. The number of hydrogen-bond donors (Lipinski definition) is 2. The van der Waals surface area contributed by atoms with Crippen LogP contribution in [-0.2, 0) is 29.5 Å². The summed E-state index contributed by atoms with van der Waals surface area (Å²) in [4.78, 5) is 0.331. The highest BCUT2D eigenvalue weighted by molar-refractivity contribution is 7.99. The molecule has 0 radical (unpaired) electrons. The summed E-state index contributed by atoms with van der Waals surface area (Å²) in [5.41, 5.74) is 1.92. The van der Waals surface area contributed by atoms with Crippen molar-refractivity contribution in [3.63, 3.8) is 0 Å². The van der Waals surface area contributed by atoms with Crippen molar-refractivity contribution < 1.29 is 26.3 Å². The van der Waals surface area contributed by atoms with Gasteiger partial charge in [0.2, 0.25) is 20.0 Å². The highest BCUT2D eigenvalue weighted by atomic mass is 32.2. The van der Waals surface area contributed by atoms with Crippen molar-refractivity contribution in [1.29, 1.82) is 0 Å². The van der Waals surface area contributed by atoms with Crippen molar-refractivity contribution in [2.45, 2.75) is 67.6 Å². The molecule has 0 amide bonds. The molecule has 0 aliphatic carbocycles. The molecule has 8 nitrogen and oxygen atoms in total. The molecule has 4 atom stereocenters. The third-order valence-electron chi connectivity index (χ3n) is 5.83. The molecule has 34 heavy (non-hydrogen) atoms. The largest absolute Gasteiger partial charge is 0.343 e. The third-order valence-corrected chi connectivity index (χ3v) is 10.0. The second-order valence-corrected chi connectivity index (χ2v) is 13.7. The first kappa shape index (κ1) is 25.6. The van der Waals surface area contributed by atoms with Gasteiger partial charge in [0.25, 0.3) is 0 Å². The zero-order valence-corrected chi connectivity index (χ0v) is 22.0. The molecule has 2 heterocycles. The second kappa shape index (κ2) is 9.53. The summed E-state index contributed by atoms with van der Waals surface area (Å²) < 4.78 is 70.0. The van der Waals surface area contributed by atoms with E-state index in [-0.39, 0.29) is 9.79 Å². The van der Waals surface area contributed by atoms with E-state index in [9.17, 15) is 16.8 Å². The van der Waals surface area contributed by atoms with Gasteiger partial charge in [0.1, 0.15) is 12.2 Å².